The van der Waals surface area contributed by atoms with Gasteiger partial charge in [-0.25, -0.2) is 0 Å². The Morgan fingerprint density at radius 1 is 1.62 bits per heavy atom. The maximum atomic E-state index is 10.3. The molecule has 0 fully saturated rings. The average Bonchev–Trinajstić information content (AvgIpc) is 2.04. The number of phenols is 1. The quantitative estimate of drug-likeness (QED) is 0.419. The van der Waals surface area contributed by atoms with Crippen LogP contribution in [0.5, 0.6) is 5.75 Å². The van der Waals surface area contributed by atoms with Crippen molar-refractivity contribution in [3.63, 3.8) is 0 Å². The van der Waals surface area contributed by atoms with Gasteiger partial charge in [-0.2, -0.15) is 0 Å². The number of non-ortho nitro benzene ring substituents is 1. The smallest absolute Gasteiger partial charge is 0.270 e. The van der Waals surface area contributed by atoms with E-state index in [9.17, 15) is 15.2 Å². The molecule has 0 bridgehead atoms. The van der Waals surface area contributed by atoms with E-state index < -0.39 is 4.92 Å². The first-order valence-corrected chi connectivity index (χ1v) is 3.70. The normalized spacial score (nSPS) is 9.54. The van der Waals surface area contributed by atoms with Crippen molar-refractivity contribution in [1.82, 2.24) is 0 Å². The topological polar surface area (TPSA) is 89.4 Å². The van der Waals surface area contributed by atoms with E-state index in [0.717, 1.165) is 6.07 Å². The molecule has 0 atom stereocenters. The van der Waals surface area contributed by atoms with Crippen molar-refractivity contribution >= 4 is 22.9 Å². The highest BCUT2D eigenvalue weighted by Gasteiger charge is 2.11. The first-order valence-electron chi connectivity index (χ1n) is 3.29. The number of nitrogens with two attached hydrogens (primary N) is 1. The standard InChI is InChI=1S/C7H6N2O3S/c8-7(13)5-3-4(9(11)12)1-2-6(5)10/h1-3,10H,(H2,8,13). The van der Waals surface area contributed by atoms with E-state index in [0.29, 0.717) is 0 Å². The number of nitro benzene ring substituents is 1. The van der Waals surface area contributed by atoms with Crippen LogP contribution in [0, 0.1) is 10.1 Å². The molecule has 5 nitrogen and oxygen atoms in total. The van der Waals surface area contributed by atoms with Crippen molar-refractivity contribution in [2.24, 2.45) is 5.73 Å². The van der Waals surface area contributed by atoms with Crippen LogP contribution in [0.25, 0.3) is 0 Å². The molecule has 1 aromatic rings. The van der Waals surface area contributed by atoms with Crippen LogP contribution in [0.2, 0.25) is 0 Å². The molecule has 0 spiro atoms. The van der Waals surface area contributed by atoms with Crippen LogP contribution in [0.4, 0.5) is 5.69 Å². The Bertz CT molecular complexity index is 378. The fourth-order valence-electron chi connectivity index (χ4n) is 0.835. The van der Waals surface area contributed by atoms with E-state index >= 15 is 0 Å². The molecule has 0 aromatic heterocycles. The van der Waals surface area contributed by atoms with Crippen molar-refractivity contribution in [2.45, 2.75) is 0 Å². The summed E-state index contributed by atoms with van der Waals surface area (Å²) in [6.07, 6.45) is 0. The molecule has 0 saturated carbocycles. The number of nitrogens with zero attached hydrogens (tertiary/aromatic N) is 1. The van der Waals surface area contributed by atoms with Gasteiger partial charge in [-0.05, 0) is 6.07 Å². The fraction of sp³-hybridized carbons (Fsp3) is 0. The van der Waals surface area contributed by atoms with Gasteiger partial charge >= 0.3 is 0 Å². The minimum absolute atomic E-state index is 0.0683. The molecule has 0 unspecified atom stereocenters. The lowest BCUT2D eigenvalue weighted by molar-refractivity contribution is -0.384. The van der Waals surface area contributed by atoms with Crippen LogP contribution in [-0.2, 0) is 0 Å². The van der Waals surface area contributed by atoms with Gasteiger partial charge in [-0.1, -0.05) is 12.2 Å². The summed E-state index contributed by atoms with van der Waals surface area (Å²) in [6.45, 7) is 0. The van der Waals surface area contributed by atoms with E-state index in [2.05, 4.69) is 12.2 Å². The SMILES string of the molecule is NC(=S)c1cc([N+](=O)[O-])ccc1O. The second-order valence-electron chi connectivity index (χ2n) is 2.32. The molecular formula is C7H6N2O3S. The van der Waals surface area contributed by atoms with Gasteiger partial charge in [0.05, 0.1) is 10.5 Å². The molecule has 0 heterocycles. The number of aromatic hydroxyl groups is 1. The summed E-state index contributed by atoms with van der Waals surface area (Å²) >= 11 is 4.59. The van der Waals surface area contributed by atoms with E-state index in [4.69, 9.17) is 5.73 Å². The fourth-order valence-corrected chi connectivity index (χ4v) is 0.998. The largest absolute Gasteiger partial charge is 0.507 e. The van der Waals surface area contributed by atoms with E-state index in [1.807, 2.05) is 0 Å². The monoisotopic (exact) mass is 198 g/mol. The summed E-state index contributed by atoms with van der Waals surface area (Å²) in [5.41, 5.74) is 5.20. The van der Waals surface area contributed by atoms with Gasteiger partial charge in [0.25, 0.3) is 5.69 Å². The summed E-state index contributed by atoms with van der Waals surface area (Å²) in [4.78, 5) is 9.68. The summed E-state index contributed by atoms with van der Waals surface area (Å²) in [5.74, 6) is -0.155. The molecule has 1 rings (SSSR count). The maximum Gasteiger partial charge on any atom is 0.270 e. The van der Waals surface area contributed by atoms with Crippen molar-refractivity contribution in [1.29, 1.82) is 0 Å². The first-order chi connectivity index (χ1) is 6.02. The number of nitro groups is 1. The molecule has 68 valence electrons. The van der Waals surface area contributed by atoms with E-state index in [1.54, 1.807) is 0 Å². The van der Waals surface area contributed by atoms with Gasteiger partial charge in [-0.15, -0.1) is 0 Å². The number of hydrogen-bond acceptors (Lipinski definition) is 4. The van der Waals surface area contributed by atoms with E-state index in [1.165, 1.54) is 12.1 Å². The van der Waals surface area contributed by atoms with Crippen LogP contribution in [0.1, 0.15) is 5.56 Å². The van der Waals surface area contributed by atoms with Crippen LogP contribution < -0.4 is 5.73 Å². The van der Waals surface area contributed by atoms with Crippen LogP contribution >= 0.6 is 12.2 Å². The Morgan fingerprint density at radius 3 is 2.69 bits per heavy atom. The zero-order valence-corrected chi connectivity index (χ0v) is 7.25. The summed E-state index contributed by atoms with van der Waals surface area (Å²) < 4.78 is 0. The predicted molar refractivity (Wildman–Crippen MR) is 50.6 cm³/mol. The van der Waals surface area contributed by atoms with Gasteiger partial charge in [0.2, 0.25) is 0 Å². The summed E-state index contributed by atoms with van der Waals surface area (Å²) in [6, 6.07) is 3.50. The molecule has 0 aliphatic rings. The molecule has 3 N–H and O–H groups in total. The number of benzene rings is 1. The Balaban J connectivity index is 3.27. The highest BCUT2D eigenvalue weighted by atomic mass is 32.1. The summed E-state index contributed by atoms with van der Waals surface area (Å²) in [7, 11) is 0. The second-order valence-corrected chi connectivity index (χ2v) is 2.76. The zero-order valence-electron chi connectivity index (χ0n) is 6.43. The maximum absolute atomic E-state index is 10.3. The number of phenolic OH excluding ortho intramolecular Hbond substituents is 1. The average molecular weight is 198 g/mol. The Hall–Kier alpha value is -1.69. The molecule has 0 saturated heterocycles. The molecule has 0 aliphatic heterocycles. The zero-order chi connectivity index (χ0) is 10.0. The molecule has 6 heteroatoms. The Labute approximate surface area is 78.9 Å². The molecule has 0 amide bonds. The third-order valence-corrected chi connectivity index (χ3v) is 1.68. The van der Waals surface area contributed by atoms with Crippen LogP contribution in [-0.4, -0.2) is 15.0 Å². The minimum Gasteiger partial charge on any atom is -0.507 e. The Kier molecular flexibility index (Phi) is 2.43. The van der Waals surface area contributed by atoms with E-state index in [-0.39, 0.29) is 22.0 Å². The number of thiocarbonyl (C=S) groups is 1. The molecular weight excluding hydrogens is 192 g/mol. The van der Waals surface area contributed by atoms with Gasteiger partial charge in [-0.3, -0.25) is 10.1 Å². The van der Waals surface area contributed by atoms with Crippen LogP contribution in [0.15, 0.2) is 18.2 Å². The number of hydrogen-bond donors (Lipinski definition) is 2. The van der Waals surface area contributed by atoms with Crippen LogP contribution in [0.3, 0.4) is 0 Å². The summed E-state index contributed by atoms with van der Waals surface area (Å²) in [5, 5.41) is 19.5. The lowest BCUT2D eigenvalue weighted by Crippen LogP contribution is -2.09. The predicted octanol–water partition coefficient (Wildman–Crippen LogP) is 0.935. The van der Waals surface area contributed by atoms with Crippen molar-refractivity contribution in [3.8, 4) is 5.75 Å². The van der Waals surface area contributed by atoms with Gasteiger partial charge in [0.1, 0.15) is 10.7 Å². The van der Waals surface area contributed by atoms with Gasteiger partial charge in [0, 0.05) is 12.1 Å². The van der Waals surface area contributed by atoms with Crippen molar-refractivity contribution < 1.29 is 10.0 Å². The highest BCUT2D eigenvalue weighted by Crippen LogP contribution is 2.22. The second kappa shape index (κ2) is 3.36. The van der Waals surface area contributed by atoms with Gasteiger partial charge < -0.3 is 10.8 Å². The molecule has 0 radical (unpaired) electrons. The highest BCUT2D eigenvalue weighted by molar-refractivity contribution is 7.80. The van der Waals surface area contributed by atoms with Gasteiger partial charge in [0.15, 0.2) is 0 Å². The number of rotatable bonds is 2. The lowest BCUT2D eigenvalue weighted by atomic mass is 10.2. The molecule has 1 aromatic carbocycles. The minimum atomic E-state index is -0.582. The van der Waals surface area contributed by atoms with Crippen molar-refractivity contribution in [3.05, 3.63) is 33.9 Å². The third kappa shape index (κ3) is 1.91. The molecule has 0 aliphatic carbocycles. The lowest BCUT2D eigenvalue weighted by Gasteiger charge is -2.00. The van der Waals surface area contributed by atoms with Crippen molar-refractivity contribution in [2.75, 3.05) is 0 Å². The molecule has 13 heavy (non-hydrogen) atoms. The third-order valence-electron chi connectivity index (χ3n) is 1.46. The first kappa shape index (κ1) is 9.40. The Morgan fingerprint density at radius 2 is 2.23 bits per heavy atom.